The third kappa shape index (κ3) is 2.57. The molecule has 0 atom stereocenters. The number of benzene rings is 2. The zero-order valence-electron chi connectivity index (χ0n) is 13.7. The lowest BCUT2D eigenvalue weighted by molar-refractivity contribution is 0.598. The van der Waals surface area contributed by atoms with Crippen LogP contribution in [-0.4, -0.2) is 26.6 Å². The zero-order valence-corrected chi connectivity index (χ0v) is 15.3. The van der Waals surface area contributed by atoms with Crippen molar-refractivity contribution >= 4 is 32.5 Å². The summed E-state index contributed by atoms with van der Waals surface area (Å²) in [5.41, 5.74) is 5.66. The van der Waals surface area contributed by atoms with E-state index in [-0.39, 0.29) is 9.92 Å². The Morgan fingerprint density at radius 1 is 1.28 bits per heavy atom. The molecule has 3 aromatic rings. The molecule has 5 nitrogen and oxygen atoms in total. The van der Waals surface area contributed by atoms with Gasteiger partial charge in [0.05, 0.1) is 16.2 Å². The van der Waals surface area contributed by atoms with Crippen molar-refractivity contribution in [1.29, 1.82) is 0 Å². The van der Waals surface area contributed by atoms with Crippen molar-refractivity contribution in [3.05, 3.63) is 52.5 Å². The van der Waals surface area contributed by atoms with E-state index in [0.717, 1.165) is 41.7 Å². The van der Waals surface area contributed by atoms with Gasteiger partial charge in [-0.15, -0.1) is 0 Å². The van der Waals surface area contributed by atoms with Crippen LogP contribution in [0.25, 0.3) is 22.2 Å². The van der Waals surface area contributed by atoms with Gasteiger partial charge in [-0.3, -0.25) is 0 Å². The Hall–Kier alpha value is -1.86. The van der Waals surface area contributed by atoms with Crippen LogP contribution in [0.3, 0.4) is 0 Å². The van der Waals surface area contributed by atoms with Crippen molar-refractivity contribution in [2.45, 2.75) is 17.9 Å². The predicted octanol–water partition coefficient (Wildman–Crippen LogP) is 2.73. The number of nitrogens with one attached hydrogen (secondary N) is 1. The maximum atomic E-state index is 11.9. The van der Waals surface area contributed by atoms with Crippen LogP contribution < -0.4 is 10.5 Å². The minimum absolute atomic E-state index is 0.0232. The number of hydrogen-bond acceptors (Lipinski definition) is 3. The molecule has 7 heteroatoms. The van der Waals surface area contributed by atoms with Gasteiger partial charge in [-0.25, -0.2) is 13.6 Å². The van der Waals surface area contributed by atoms with Crippen molar-refractivity contribution in [3.63, 3.8) is 0 Å². The normalized spacial score (nSPS) is 13.2. The van der Waals surface area contributed by atoms with E-state index in [1.54, 1.807) is 12.1 Å². The maximum Gasteiger partial charge on any atom is 0.239 e. The first-order valence-electron chi connectivity index (χ1n) is 8.02. The summed E-state index contributed by atoms with van der Waals surface area (Å²) in [6.45, 7) is 1.55. The van der Waals surface area contributed by atoms with Gasteiger partial charge in [0.2, 0.25) is 10.0 Å². The molecule has 0 bridgehead atoms. The van der Waals surface area contributed by atoms with Gasteiger partial charge in [0.25, 0.3) is 0 Å². The summed E-state index contributed by atoms with van der Waals surface area (Å²) in [6.07, 6.45) is 0.787. The summed E-state index contributed by atoms with van der Waals surface area (Å²) < 4.78 is 26.0. The van der Waals surface area contributed by atoms with Gasteiger partial charge in [-0.1, -0.05) is 35.9 Å². The Bertz CT molecular complexity index is 1100. The molecular formula is C18H18ClN3O2S. The smallest absolute Gasteiger partial charge is 0.239 e. The molecular weight excluding hydrogens is 358 g/mol. The van der Waals surface area contributed by atoms with Crippen LogP contribution in [0.5, 0.6) is 0 Å². The summed E-state index contributed by atoms with van der Waals surface area (Å²) in [7, 11) is -1.97. The molecule has 1 aliphatic rings. The van der Waals surface area contributed by atoms with Gasteiger partial charge < -0.3 is 9.88 Å². The first-order valence-corrected chi connectivity index (χ1v) is 9.94. The Labute approximate surface area is 151 Å². The van der Waals surface area contributed by atoms with E-state index < -0.39 is 10.0 Å². The largest absolute Gasteiger partial charge is 0.336 e. The van der Waals surface area contributed by atoms with Crippen LogP contribution >= 0.6 is 11.6 Å². The Morgan fingerprint density at radius 2 is 2.04 bits per heavy atom. The molecule has 0 aliphatic carbocycles. The third-order valence-corrected chi connectivity index (χ3v) is 6.13. The van der Waals surface area contributed by atoms with E-state index in [2.05, 4.69) is 22.0 Å². The molecule has 0 radical (unpaired) electrons. The number of primary sulfonamides is 1. The molecule has 1 aromatic heterocycles. The minimum Gasteiger partial charge on any atom is -0.336 e. The topological polar surface area (TPSA) is 77.1 Å². The molecule has 4 rings (SSSR count). The first-order chi connectivity index (χ1) is 11.9. The molecule has 2 heterocycles. The molecule has 3 N–H and O–H groups in total. The highest BCUT2D eigenvalue weighted by Gasteiger charge is 2.27. The molecule has 2 aromatic carbocycles. The van der Waals surface area contributed by atoms with Gasteiger partial charge in [0, 0.05) is 17.5 Å². The van der Waals surface area contributed by atoms with E-state index in [0.29, 0.717) is 0 Å². The molecule has 0 spiro atoms. The van der Waals surface area contributed by atoms with Crippen LogP contribution in [0.1, 0.15) is 11.1 Å². The van der Waals surface area contributed by atoms with Crippen LogP contribution in [0.4, 0.5) is 0 Å². The number of nitrogens with two attached hydrogens (primary N) is 1. The maximum absolute atomic E-state index is 11.9. The van der Waals surface area contributed by atoms with Crippen molar-refractivity contribution in [2.24, 2.45) is 5.14 Å². The van der Waals surface area contributed by atoms with E-state index >= 15 is 0 Å². The molecule has 0 saturated heterocycles. The molecule has 25 heavy (non-hydrogen) atoms. The average molecular weight is 376 g/mol. The standard InChI is InChI=1S/C18H18ClN3O2S/c1-21-7-6-13-14-8-17(25(20,23)24)15(19)9-16(14)22-10-11-4-2-3-5-12(11)18(13)22/h2-5,8-9,21H,6-7,10H2,1H3,(H2,20,23,24). The van der Waals surface area contributed by atoms with Gasteiger partial charge in [0.15, 0.2) is 0 Å². The van der Waals surface area contributed by atoms with E-state index in [1.165, 1.54) is 11.1 Å². The lowest BCUT2D eigenvalue weighted by Crippen LogP contribution is -2.13. The summed E-state index contributed by atoms with van der Waals surface area (Å²) in [5, 5.41) is 9.55. The van der Waals surface area contributed by atoms with Gasteiger partial charge in [0.1, 0.15) is 4.90 Å². The lowest BCUT2D eigenvalue weighted by atomic mass is 10.0. The first kappa shape index (κ1) is 16.6. The second kappa shape index (κ2) is 5.85. The van der Waals surface area contributed by atoms with Crippen molar-refractivity contribution < 1.29 is 8.42 Å². The van der Waals surface area contributed by atoms with Crippen LogP contribution in [0, 0.1) is 0 Å². The lowest BCUT2D eigenvalue weighted by Gasteiger charge is -2.07. The van der Waals surface area contributed by atoms with Crippen molar-refractivity contribution in [3.8, 4) is 11.3 Å². The second-order valence-electron chi connectivity index (χ2n) is 6.27. The fourth-order valence-electron chi connectivity index (χ4n) is 3.67. The number of likely N-dealkylation sites (N-methyl/N-ethyl adjacent to an activating group) is 1. The fourth-order valence-corrected chi connectivity index (χ4v) is 4.77. The predicted molar refractivity (Wildman–Crippen MR) is 100 cm³/mol. The van der Waals surface area contributed by atoms with Gasteiger partial charge in [-0.05, 0) is 43.3 Å². The quantitative estimate of drug-likeness (QED) is 0.575. The Balaban J connectivity index is 2.06. The highest BCUT2D eigenvalue weighted by atomic mass is 35.5. The number of nitrogens with zero attached hydrogens (tertiary/aromatic N) is 1. The van der Waals surface area contributed by atoms with Gasteiger partial charge in [-0.2, -0.15) is 0 Å². The summed E-state index contributed by atoms with van der Waals surface area (Å²) in [6, 6.07) is 11.6. The van der Waals surface area contributed by atoms with Crippen molar-refractivity contribution in [2.75, 3.05) is 13.6 Å². The number of hydrogen-bond donors (Lipinski definition) is 2. The SMILES string of the molecule is CNCCc1c2n(c3cc(Cl)c(S(N)(=O)=O)cc13)Cc1ccccc1-2. The molecule has 0 fully saturated rings. The van der Waals surface area contributed by atoms with Crippen LogP contribution in [0.2, 0.25) is 5.02 Å². The van der Waals surface area contributed by atoms with E-state index in [1.807, 2.05) is 19.2 Å². The highest BCUT2D eigenvalue weighted by molar-refractivity contribution is 7.89. The second-order valence-corrected chi connectivity index (χ2v) is 8.21. The number of aromatic nitrogens is 1. The van der Waals surface area contributed by atoms with Crippen LogP contribution in [0.15, 0.2) is 41.3 Å². The fraction of sp³-hybridized carbons (Fsp3) is 0.222. The average Bonchev–Trinajstić information content (AvgIpc) is 3.06. The Morgan fingerprint density at radius 3 is 2.76 bits per heavy atom. The molecule has 0 saturated carbocycles. The number of rotatable bonds is 4. The van der Waals surface area contributed by atoms with Crippen molar-refractivity contribution in [1.82, 2.24) is 9.88 Å². The monoisotopic (exact) mass is 375 g/mol. The number of fused-ring (bicyclic) bond motifs is 5. The minimum atomic E-state index is -3.87. The highest BCUT2D eigenvalue weighted by Crippen LogP contribution is 2.42. The molecule has 130 valence electrons. The summed E-state index contributed by atoms with van der Waals surface area (Å²) in [5.74, 6) is 0. The molecule has 1 aliphatic heterocycles. The van der Waals surface area contributed by atoms with E-state index in [4.69, 9.17) is 16.7 Å². The third-order valence-electron chi connectivity index (χ3n) is 4.75. The van der Waals surface area contributed by atoms with Gasteiger partial charge >= 0.3 is 0 Å². The number of halogens is 1. The summed E-state index contributed by atoms with van der Waals surface area (Å²) in [4.78, 5) is -0.0232. The number of sulfonamides is 1. The Kier molecular flexibility index (Phi) is 3.88. The molecule has 0 amide bonds. The van der Waals surface area contributed by atoms with E-state index in [9.17, 15) is 8.42 Å². The molecule has 0 unspecified atom stereocenters. The summed E-state index contributed by atoms with van der Waals surface area (Å²) >= 11 is 6.23. The van der Waals surface area contributed by atoms with Crippen LogP contribution in [-0.2, 0) is 23.0 Å². The zero-order chi connectivity index (χ0) is 17.8.